The highest BCUT2D eigenvalue weighted by atomic mass is 79.9. The fourth-order valence-electron chi connectivity index (χ4n) is 1.82. The molecule has 0 aliphatic heterocycles. The van der Waals surface area contributed by atoms with E-state index in [2.05, 4.69) is 20.9 Å². The van der Waals surface area contributed by atoms with E-state index in [-0.39, 0.29) is 16.9 Å². The molecule has 17 heavy (non-hydrogen) atoms. The van der Waals surface area contributed by atoms with Gasteiger partial charge < -0.3 is 9.88 Å². The van der Waals surface area contributed by atoms with Gasteiger partial charge in [0.1, 0.15) is 5.56 Å². The Morgan fingerprint density at radius 3 is 2.82 bits per heavy atom. The van der Waals surface area contributed by atoms with Gasteiger partial charge in [0, 0.05) is 35.9 Å². The second-order valence-corrected chi connectivity index (χ2v) is 5.11. The maximum atomic E-state index is 12.2. The number of nitrogens with one attached hydrogen (secondary N) is 1. The number of nitrogens with zero attached hydrogens (tertiary/aromatic N) is 1. The van der Waals surface area contributed by atoms with Gasteiger partial charge in [0.15, 0.2) is 5.43 Å². The summed E-state index contributed by atoms with van der Waals surface area (Å²) in [7, 11) is 0. The van der Waals surface area contributed by atoms with Crippen molar-refractivity contribution in [3.05, 3.63) is 33.7 Å². The lowest BCUT2D eigenvalue weighted by atomic mass is 10.2. The van der Waals surface area contributed by atoms with Crippen LogP contribution in [0.2, 0.25) is 0 Å². The molecule has 1 fully saturated rings. The Bertz CT molecular complexity index is 480. The summed E-state index contributed by atoms with van der Waals surface area (Å²) in [6.45, 7) is 2.45. The Balaban J connectivity index is 2.25. The number of alkyl halides is 1. The highest BCUT2D eigenvalue weighted by Gasteiger charge is 2.33. The second kappa shape index (κ2) is 5.04. The van der Waals surface area contributed by atoms with Crippen LogP contribution in [0.5, 0.6) is 0 Å². The first-order valence-electron chi connectivity index (χ1n) is 5.69. The number of amides is 1. The zero-order valence-corrected chi connectivity index (χ0v) is 11.3. The topological polar surface area (TPSA) is 53.2 Å². The maximum absolute atomic E-state index is 12.2. The third-order valence-corrected chi connectivity index (χ3v) is 3.22. The van der Waals surface area contributed by atoms with Crippen LogP contribution in [0.1, 0.15) is 28.9 Å². The van der Waals surface area contributed by atoms with Gasteiger partial charge in [-0.15, -0.1) is 0 Å². The van der Waals surface area contributed by atoms with Crippen LogP contribution >= 0.6 is 15.9 Å². The molecule has 1 saturated carbocycles. The Morgan fingerprint density at radius 1 is 1.59 bits per heavy atom. The van der Waals surface area contributed by atoms with Crippen molar-refractivity contribution in [3.63, 3.8) is 0 Å². The van der Waals surface area contributed by atoms with E-state index >= 15 is 0 Å². The molecule has 1 aromatic heterocycles. The zero-order valence-electron chi connectivity index (χ0n) is 9.70. The molecule has 1 amide bonds. The molecule has 1 aliphatic carbocycles. The van der Waals surface area contributed by atoms with E-state index < -0.39 is 0 Å². The van der Waals surface area contributed by atoms with Gasteiger partial charge in [-0.05, 0) is 19.8 Å². The molecule has 0 aromatic carbocycles. The van der Waals surface area contributed by atoms with Crippen molar-refractivity contribution < 1.29 is 4.79 Å². The number of halogens is 1. The van der Waals surface area contributed by atoms with Crippen molar-refractivity contribution >= 4 is 21.8 Å². The number of aromatic amines is 1. The van der Waals surface area contributed by atoms with E-state index in [4.69, 9.17) is 0 Å². The predicted octanol–water partition coefficient (Wildman–Crippen LogP) is 1.68. The second-order valence-electron chi connectivity index (χ2n) is 4.31. The van der Waals surface area contributed by atoms with Crippen molar-refractivity contribution in [1.29, 1.82) is 0 Å². The number of aromatic nitrogens is 1. The number of hydrogen-bond acceptors (Lipinski definition) is 2. The summed E-state index contributed by atoms with van der Waals surface area (Å²) >= 11 is 3.34. The average Bonchev–Trinajstić information content (AvgIpc) is 3.09. The number of carbonyl (C=O) groups excluding carboxylic acids is 1. The van der Waals surface area contributed by atoms with Crippen LogP contribution in [0.25, 0.3) is 0 Å². The van der Waals surface area contributed by atoms with Gasteiger partial charge in [0.2, 0.25) is 0 Å². The normalized spacial score (nSPS) is 14.7. The van der Waals surface area contributed by atoms with Crippen molar-refractivity contribution in [2.45, 2.75) is 25.8 Å². The van der Waals surface area contributed by atoms with E-state index in [0.717, 1.165) is 23.9 Å². The van der Waals surface area contributed by atoms with Crippen LogP contribution in [0.15, 0.2) is 17.1 Å². The van der Waals surface area contributed by atoms with Gasteiger partial charge in [0.25, 0.3) is 5.91 Å². The quantitative estimate of drug-likeness (QED) is 0.860. The molecule has 4 nitrogen and oxygen atoms in total. The molecule has 0 saturated heterocycles. The molecule has 2 rings (SSSR count). The molecular formula is C12H15BrN2O2. The lowest BCUT2D eigenvalue weighted by molar-refractivity contribution is 0.0753. The van der Waals surface area contributed by atoms with Gasteiger partial charge in [0.05, 0.1) is 0 Å². The van der Waals surface area contributed by atoms with E-state index in [1.165, 1.54) is 12.3 Å². The molecule has 1 aliphatic rings. The zero-order chi connectivity index (χ0) is 12.4. The molecule has 0 spiro atoms. The maximum Gasteiger partial charge on any atom is 0.259 e. The largest absolute Gasteiger partial charge is 0.364 e. The van der Waals surface area contributed by atoms with Crippen LogP contribution in [-0.4, -0.2) is 33.7 Å². The van der Waals surface area contributed by atoms with Crippen LogP contribution in [-0.2, 0) is 0 Å². The number of rotatable bonds is 4. The summed E-state index contributed by atoms with van der Waals surface area (Å²) in [4.78, 5) is 28.7. The van der Waals surface area contributed by atoms with Crippen molar-refractivity contribution in [3.8, 4) is 0 Å². The molecule has 0 unspecified atom stereocenters. The first kappa shape index (κ1) is 12.4. The van der Waals surface area contributed by atoms with Crippen LogP contribution < -0.4 is 5.43 Å². The summed E-state index contributed by atoms with van der Waals surface area (Å²) < 4.78 is 0. The highest BCUT2D eigenvalue weighted by Crippen LogP contribution is 2.27. The Morgan fingerprint density at radius 2 is 2.29 bits per heavy atom. The number of H-pyrrole nitrogens is 1. The molecule has 0 atom stereocenters. The number of carbonyl (C=O) groups is 1. The molecule has 0 bridgehead atoms. The molecule has 0 radical (unpaired) electrons. The van der Waals surface area contributed by atoms with Gasteiger partial charge in [-0.3, -0.25) is 9.59 Å². The molecule has 5 heteroatoms. The van der Waals surface area contributed by atoms with Crippen LogP contribution in [0.4, 0.5) is 0 Å². The number of hydrogen-bond donors (Lipinski definition) is 1. The Kier molecular flexibility index (Phi) is 3.66. The van der Waals surface area contributed by atoms with Crippen molar-refractivity contribution in [2.75, 3.05) is 11.9 Å². The third-order valence-electron chi connectivity index (χ3n) is 2.86. The fourth-order valence-corrected chi connectivity index (χ4v) is 2.20. The van der Waals surface area contributed by atoms with Gasteiger partial charge in [-0.1, -0.05) is 15.9 Å². The SMILES string of the molecule is Cc1cc(=O)c(C(=O)N(CCBr)C2CC2)c[nH]1. The smallest absolute Gasteiger partial charge is 0.259 e. The van der Waals surface area contributed by atoms with E-state index in [0.29, 0.717) is 12.6 Å². The van der Waals surface area contributed by atoms with Crippen LogP contribution in [0, 0.1) is 6.92 Å². The van der Waals surface area contributed by atoms with Crippen molar-refractivity contribution in [2.24, 2.45) is 0 Å². The lowest BCUT2D eigenvalue weighted by Crippen LogP contribution is -2.37. The minimum Gasteiger partial charge on any atom is -0.364 e. The van der Waals surface area contributed by atoms with Crippen molar-refractivity contribution in [1.82, 2.24) is 9.88 Å². The summed E-state index contributed by atoms with van der Waals surface area (Å²) in [6.07, 6.45) is 3.61. The molecule has 1 aromatic rings. The minimum atomic E-state index is -0.202. The highest BCUT2D eigenvalue weighted by molar-refractivity contribution is 9.09. The fraction of sp³-hybridized carbons (Fsp3) is 0.500. The standard InChI is InChI=1S/C12H15BrN2O2/c1-8-6-11(16)10(7-14-8)12(17)15(5-4-13)9-2-3-9/h6-7,9H,2-5H2,1H3,(H,14,16). The lowest BCUT2D eigenvalue weighted by Gasteiger charge is -2.20. The molecule has 1 heterocycles. The summed E-state index contributed by atoms with van der Waals surface area (Å²) in [6, 6.07) is 1.78. The summed E-state index contributed by atoms with van der Waals surface area (Å²) in [5, 5.41) is 0.735. The third kappa shape index (κ3) is 2.77. The number of pyridine rings is 1. The van der Waals surface area contributed by atoms with E-state index in [9.17, 15) is 9.59 Å². The average molecular weight is 299 g/mol. The molecule has 1 N–H and O–H groups in total. The van der Waals surface area contributed by atoms with E-state index in [1.807, 2.05) is 0 Å². The Labute approximate surface area is 108 Å². The van der Waals surface area contributed by atoms with E-state index in [1.54, 1.807) is 11.8 Å². The summed E-state index contributed by atoms with van der Waals surface area (Å²) in [5.41, 5.74) is 0.805. The number of aryl methyl sites for hydroxylation is 1. The van der Waals surface area contributed by atoms with Crippen LogP contribution in [0.3, 0.4) is 0 Å². The van der Waals surface area contributed by atoms with Gasteiger partial charge in [-0.2, -0.15) is 0 Å². The molecule has 92 valence electrons. The Hall–Kier alpha value is -1.10. The van der Waals surface area contributed by atoms with Gasteiger partial charge in [-0.25, -0.2) is 0 Å². The minimum absolute atomic E-state index is 0.159. The summed E-state index contributed by atoms with van der Waals surface area (Å²) in [5.74, 6) is -0.159. The first-order chi connectivity index (χ1) is 8.13. The monoisotopic (exact) mass is 298 g/mol. The molecular weight excluding hydrogens is 284 g/mol. The first-order valence-corrected chi connectivity index (χ1v) is 6.82. The van der Waals surface area contributed by atoms with Gasteiger partial charge >= 0.3 is 0 Å². The predicted molar refractivity (Wildman–Crippen MR) is 69.7 cm³/mol.